The second kappa shape index (κ2) is 8.46. The highest BCUT2D eigenvalue weighted by molar-refractivity contribution is 5.65. The molecule has 1 nitrogen and oxygen atoms in total. The van der Waals surface area contributed by atoms with Gasteiger partial charge >= 0.3 is 0 Å². The quantitative estimate of drug-likeness (QED) is 0.453. The van der Waals surface area contributed by atoms with Crippen LogP contribution in [0.2, 0.25) is 0 Å². The molecule has 0 spiro atoms. The van der Waals surface area contributed by atoms with E-state index in [4.69, 9.17) is 4.74 Å². The van der Waals surface area contributed by atoms with Crippen LogP contribution < -0.4 is 4.74 Å². The second-order valence-corrected chi connectivity index (χ2v) is 6.51. The van der Waals surface area contributed by atoms with Gasteiger partial charge in [0.2, 0.25) is 5.82 Å². The minimum Gasteiger partial charge on any atom is -0.494 e. The maximum Gasteiger partial charge on any atom is 0.201 e. The van der Waals surface area contributed by atoms with E-state index in [0.717, 1.165) is 5.56 Å². The molecule has 3 aromatic rings. The van der Waals surface area contributed by atoms with E-state index in [1.54, 1.807) is 43.3 Å². The molecule has 146 valence electrons. The summed E-state index contributed by atoms with van der Waals surface area (Å²) in [6.07, 6.45) is 1.28. The van der Waals surface area contributed by atoms with Gasteiger partial charge in [-0.1, -0.05) is 43.3 Å². The molecular weight excluding hydrogens is 368 g/mol. The van der Waals surface area contributed by atoms with Crippen LogP contribution in [-0.4, -0.2) is 7.11 Å². The zero-order chi connectivity index (χ0) is 20.3. The zero-order valence-corrected chi connectivity index (χ0v) is 15.7. The molecule has 3 rings (SSSR count). The van der Waals surface area contributed by atoms with E-state index < -0.39 is 23.3 Å². The topological polar surface area (TPSA) is 9.23 Å². The van der Waals surface area contributed by atoms with Gasteiger partial charge in [-0.2, -0.15) is 4.39 Å². The summed E-state index contributed by atoms with van der Waals surface area (Å²) < 4.78 is 60.9. The van der Waals surface area contributed by atoms with E-state index in [1.165, 1.54) is 19.2 Å². The zero-order valence-electron chi connectivity index (χ0n) is 15.7. The van der Waals surface area contributed by atoms with E-state index in [-0.39, 0.29) is 11.3 Å². The van der Waals surface area contributed by atoms with Crippen LogP contribution in [-0.2, 0) is 19.3 Å². The van der Waals surface area contributed by atoms with Gasteiger partial charge in [0.05, 0.1) is 7.11 Å². The molecule has 3 aromatic carbocycles. The van der Waals surface area contributed by atoms with Crippen LogP contribution in [0.3, 0.4) is 0 Å². The number of ether oxygens (including phenoxy) is 1. The Kier molecular flexibility index (Phi) is 6.02. The van der Waals surface area contributed by atoms with Crippen LogP contribution >= 0.6 is 0 Å². The lowest BCUT2D eigenvalue weighted by Crippen LogP contribution is -2.01. The van der Waals surface area contributed by atoms with Gasteiger partial charge in [0, 0.05) is 5.56 Å². The van der Waals surface area contributed by atoms with E-state index in [2.05, 4.69) is 0 Å². The maximum absolute atomic E-state index is 14.2. The lowest BCUT2D eigenvalue weighted by atomic mass is 9.98. The predicted molar refractivity (Wildman–Crippen MR) is 101 cm³/mol. The average molecular weight is 388 g/mol. The Morgan fingerprint density at radius 3 is 1.96 bits per heavy atom. The molecule has 0 aliphatic carbocycles. The van der Waals surface area contributed by atoms with E-state index in [1.807, 2.05) is 0 Å². The highest BCUT2D eigenvalue weighted by Crippen LogP contribution is 2.30. The van der Waals surface area contributed by atoms with Crippen molar-refractivity contribution in [2.24, 2.45) is 0 Å². The summed E-state index contributed by atoms with van der Waals surface area (Å²) in [6.45, 7) is 1.77. The van der Waals surface area contributed by atoms with Gasteiger partial charge < -0.3 is 4.74 Å². The molecule has 0 N–H and O–H groups in total. The monoisotopic (exact) mass is 388 g/mol. The molecule has 28 heavy (non-hydrogen) atoms. The second-order valence-electron chi connectivity index (χ2n) is 6.51. The fraction of sp³-hybridized carbons (Fsp3) is 0.217. The lowest BCUT2D eigenvalue weighted by Gasteiger charge is -2.10. The third kappa shape index (κ3) is 3.88. The van der Waals surface area contributed by atoms with Gasteiger partial charge in [-0.25, -0.2) is 13.2 Å². The van der Waals surface area contributed by atoms with Crippen LogP contribution in [0.5, 0.6) is 5.75 Å². The Bertz CT molecular complexity index is 981. The number of aryl methyl sites for hydroxylation is 3. The molecule has 0 radical (unpaired) electrons. The Labute approximate surface area is 161 Å². The molecule has 0 aliphatic heterocycles. The first-order chi connectivity index (χ1) is 13.5. The van der Waals surface area contributed by atoms with Crippen LogP contribution in [0.1, 0.15) is 23.6 Å². The molecule has 5 heteroatoms. The van der Waals surface area contributed by atoms with Crippen molar-refractivity contribution in [1.29, 1.82) is 0 Å². The minimum absolute atomic E-state index is 0.133. The number of rotatable bonds is 6. The first-order valence-corrected chi connectivity index (χ1v) is 9.03. The van der Waals surface area contributed by atoms with Gasteiger partial charge in [-0.3, -0.25) is 0 Å². The van der Waals surface area contributed by atoms with Gasteiger partial charge in [0.1, 0.15) is 0 Å². The Morgan fingerprint density at radius 2 is 1.32 bits per heavy atom. The van der Waals surface area contributed by atoms with Crippen LogP contribution in [0.15, 0.2) is 48.5 Å². The van der Waals surface area contributed by atoms with Gasteiger partial charge in [-0.05, 0) is 53.6 Å². The number of benzene rings is 3. The summed E-state index contributed by atoms with van der Waals surface area (Å²) in [7, 11) is 1.27. The summed E-state index contributed by atoms with van der Waals surface area (Å²) >= 11 is 0. The Balaban J connectivity index is 1.76. The number of halogens is 4. The summed E-state index contributed by atoms with van der Waals surface area (Å²) in [4.78, 5) is 0. The summed E-state index contributed by atoms with van der Waals surface area (Å²) in [5, 5.41) is 0. The van der Waals surface area contributed by atoms with Gasteiger partial charge in [0.25, 0.3) is 0 Å². The molecule has 0 atom stereocenters. The van der Waals surface area contributed by atoms with Crippen molar-refractivity contribution < 1.29 is 22.3 Å². The highest BCUT2D eigenvalue weighted by atomic mass is 19.2. The fourth-order valence-corrected chi connectivity index (χ4v) is 3.14. The molecule has 0 saturated heterocycles. The molecular formula is C23H20F4O. The standard InChI is InChI=1S/C23H20F4O/c1-3-15-10-11-17(21(25)20(15)24)9-6-14-4-7-16(8-5-14)18-12-13-19(28-2)23(27)22(18)26/h4-5,7-8,10-13H,3,6,9H2,1-2H3. The number of hydrogen-bond acceptors (Lipinski definition) is 1. The molecule has 0 aromatic heterocycles. The highest BCUT2D eigenvalue weighted by Gasteiger charge is 2.15. The normalized spacial score (nSPS) is 10.9. The largest absolute Gasteiger partial charge is 0.494 e. The lowest BCUT2D eigenvalue weighted by molar-refractivity contribution is 0.372. The van der Waals surface area contributed by atoms with Crippen molar-refractivity contribution in [1.82, 2.24) is 0 Å². The smallest absolute Gasteiger partial charge is 0.201 e. The Hall–Kier alpha value is -2.82. The molecule has 0 aliphatic rings. The van der Waals surface area contributed by atoms with Crippen molar-refractivity contribution in [2.45, 2.75) is 26.2 Å². The van der Waals surface area contributed by atoms with Crippen molar-refractivity contribution >= 4 is 0 Å². The fourth-order valence-electron chi connectivity index (χ4n) is 3.14. The molecule has 0 fully saturated rings. The van der Waals surface area contributed by atoms with E-state index in [9.17, 15) is 17.6 Å². The summed E-state index contributed by atoms with van der Waals surface area (Å²) in [6, 6.07) is 12.9. The summed E-state index contributed by atoms with van der Waals surface area (Å²) in [5.41, 5.74) is 2.22. The van der Waals surface area contributed by atoms with Gasteiger partial charge in [-0.15, -0.1) is 0 Å². The molecule has 0 bridgehead atoms. The molecule has 0 saturated carbocycles. The molecule has 0 amide bonds. The van der Waals surface area contributed by atoms with Crippen LogP contribution in [0, 0.1) is 23.3 Å². The predicted octanol–water partition coefficient (Wildman–Crippen LogP) is 6.27. The van der Waals surface area contributed by atoms with E-state index >= 15 is 0 Å². The molecule has 0 heterocycles. The number of methoxy groups -OCH3 is 1. The third-order valence-electron chi connectivity index (χ3n) is 4.84. The van der Waals surface area contributed by atoms with E-state index in [0.29, 0.717) is 36.0 Å². The van der Waals surface area contributed by atoms with Crippen molar-refractivity contribution in [2.75, 3.05) is 7.11 Å². The number of hydrogen-bond donors (Lipinski definition) is 0. The third-order valence-corrected chi connectivity index (χ3v) is 4.84. The first kappa shape index (κ1) is 19.9. The van der Waals surface area contributed by atoms with Crippen molar-refractivity contribution in [3.05, 3.63) is 88.5 Å². The van der Waals surface area contributed by atoms with Gasteiger partial charge in [0.15, 0.2) is 23.2 Å². The first-order valence-electron chi connectivity index (χ1n) is 9.03. The summed E-state index contributed by atoms with van der Waals surface area (Å²) in [5.74, 6) is -3.74. The minimum atomic E-state index is -1.03. The van der Waals surface area contributed by atoms with Crippen molar-refractivity contribution in [3.8, 4) is 16.9 Å². The Morgan fingerprint density at radius 1 is 0.679 bits per heavy atom. The SMILES string of the molecule is CCc1ccc(CCc2ccc(-c3ccc(OC)c(F)c3F)cc2)c(F)c1F. The van der Waals surface area contributed by atoms with Crippen LogP contribution in [0.4, 0.5) is 17.6 Å². The van der Waals surface area contributed by atoms with Crippen LogP contribution in [0.25, 0.3) is 11.1 Å². The molecule has 0 unspecified atom stereocenters. The van der Waals surface area contributed by atoms with Crippen molar-refractivity contribution in [3.63, 3.8) is 0 Å². The maximum atomic E-state index is 14.2. The average Bonchev–Trinajstić information content (AvgIpc) is 2.72.